The van der Waals surface area contributed by atoms with Crippen molar-refractivity contribution in [3.8, 4) is 0 Å². The van der Waals surface area contributed by atoms with E-state index in [0.29, 0.717) is 10.9 Å². The molecule has 1 aromatic carbocycles. The van der Waals surface area contributed by atoms with E-state index in [-0.39, 0.29) is 17.0 Å². The molecule has 17 heavy (non-hydrogen) atoms. The number of H-pyrrole nitrogens is 1. The lowest BCUT2D eigenvalue weighted by atomic mass is 10.1. The number of nitrogens with zero attached hydrogens (tertiary/aromatic N) is 1. The zero-order valence-corrected chi connectivity index (χ0v) is 9.45. The fraction of sp³-hybridized carbons (Fsp3) is 0.167. The smallest absolute Gasteiger partial charge is 0.254 e. The molecule has 0 bridgehead atoms. The Morgan fingerprint density at radius 1 is 1.29 bits per heavy atom. The summed E-state index contributed by atoms with van der Waals surface area (Å²) in [6.45, 7) is 0. The van der Waals surface area contributed by atoms with Crippen LogP contribution < -0.4 is 5.56 Å². The van der Waals surface area contributed by atoms with Gasteiger partial charge in [0.2, 0.25) is 5.56 Å². The normalized spacial score (nSPS) is 10.5. The van der Waals surface area contributed by atoms with E-state index in [2.05, 4.69) is 4.98 Å². The Hall–Kier alpha value is -2.17. The van der Waals surface area contributed by atoms with Crippen molar-refractivity contribution < 1.29 is 9.18 Å². The first kappa shape index (κ1) is 11.3. The van der Waals surface area contributed by atoms with E-state index < -0.39 is 5.82 Å². The lowest BCUT2D eigenvalue weighted by Gasteiger charge is -2.11. The van der Waals surface area contributed by atoms with Gasteiger partial charge in [-0.1, -0.05) is 0 Å². The third kappa shape index (κ3) is 2.04. The predicted molar refractivity (Wildman–Crippen MR) is 62.5 cm³/mol. The number of fused-ring (bicyclic) bond motifs is 1. The fourth-order valence-corrected chi connectivity index (χ4v) is 1.64. The molecule has 2 aromatic rings. The van der Waals surface area contributed by atoms with Gasteiger partial charge >= 0.3 is 0 Å². The Morgan fingerprint density at radius 3 is 2.65 bits per heavy atom. The summed E-state index contributed by atoms with van der Waals surface area (Å²) in [6.07, 6.45) is 0. The summed E-state index contributed by atoms with van der Waals surface area (Å²) in [6, 6.07) is 5.10. The van der Waals surface area contributed by atoms with Crippen LogP contribution >= 0.6 is 0 Å². The highest BCUT2D eigenvalue weighted by atomic mass is 19.1. The predicted octanol–water partition coefficient (Wildman–Crippen LogP) is 1.37. The average Bonchev–Trinajstić information content (AvgIpc) is 2.27. The number of halogens is 1. The maximum atomic E-state index is 13.2. The number of aromatic amines is 1. The quantitative estimate of drug-likeness (QED) is 0.810. The molecule has 0 saturated heterocycles. The molecule has 0 fully saturated rings. The van der Waals surface area contributed by atoms with Gasteiger partial charge in [0.05, 0.1) is 5.56 Å². The molecular formula is C12H11FN2O2. The van der Waals surface area contributed by atoms with Crippen molar-refractivity contribution in [2.24, 2.45) is 0 Å². The second-order valence-electron chi connectivity index (χ2n) is 3.94. The van der Waals surface area contributed by atoms with E-state index in [4.69, 9.17) is 0 Å². The molecule has 0 atom stereocenters. The van der Waals surface area contributed by atoms with Crippen LogP contribution in [0.4, 0.5) is 4.39 Å². The van der Waals surface area contributed by atoms with Crippen LogP contribution in [-0.4, -0.2) is 29.9 Å². The van der Waals surface area contributed by atoms with Gasteiger partial charge in [-0.15, -0.1) is 0 Å². The van der Waals surface area contributed by atoms with Crippen LogP contribution in [0.2, 0.25) is 0 Å². The van der Waals surface area contributed by atoms with Gasteiger partial charge in [0.1, 0.15) is 5.82 Å². The lowest BCUT2D eigenvalue weighted by Crippen LogP contribution is -2.23. The third-order valence-electron chi connectivity index (χ3n) is 2.44. The topological polar surface area (TPSA) is 53.2 Å². The van der Waals surface area contributed by atoms with E-state index in [1.165, 1.54) is 29.2 Å². The summed E-state index contributed by atoms with van der Waals surface area (Å²) >= 11 is 0. The lowest BCUT2D eigenvalue weighted by molar-refractivity contribution is 0.0829. The zero-order valence-electron chi connectivity index (χ0n) is 9.45. The Balaban J connectivity index is 2.81. The van der Waals surface area contributed by atoms with E-state index in [0.717, 1.165) is 0 Å². The molecule has 0 radical (unpaired) electrons. The molecular weight excluding hydrogens is 223 g/mol. The Bertz CT molecular complexity index is 646. The molecule has 0 aliphatic heterocycles. The molecule has 1 aromatic heterocycles. The SMILES string of the molecule is CN(C)C(=O)c1cc(=O)[nH]c2ccc(F)cc12. The highest BCUT2D eigenvalue weighted by Gasteiger charge is 2.13. The molecule has 88 valence electrons. The standard InChI is InChI=1S/C12H11FN2O2/c1-15(2)12(17)9-6-11(16)14-10-4-3-7(13)5-8(9)10/h3-6H,1-2H3,(H,14,16). The molecule has 1 amide bonds. The summed E-state index contributed by atoms with van der Waals surface area (Å²) in [5.74, 6) is -0.774. The van der Waals surface area contributed by atoms with Gasteiger partial charge in [0.15, 0.2) is 0 Å². The van der Waals surface area contributed by atoms with Crippen molar-refractivity contribution in [1.29, 1.82) is 0 Å². The van der Waals surface area contributed by atoms with Gasteiger partial charge in [-0.2, -0.15) is 0 Å². The Kier molecular flexibility index (Phi) is 2.67. The zero-order chi connectivity index (χ0) is 12.6. The minimum Gasteiger partial charge on any atom is -0.345 e. The van der Waals surface area contributed by atoms with Crippen molar-refractivity contribution in [1.82, 2.24) is 9.88 Å². The Labute approximate surface area is 96.7 Å². The number of hydrogen-bond acceptors (Lipinski definition) is 2. The highest BCUT2D eigenvalue weighted by molar-refractivity contribution is 6.05. The van der Waals surface area contributed by atoms with Crippen LogP contribution in [0.3, 0.4) is 0 Å². The Morgan fingerprint density at radius 2 is 2.00 bits per heavy atom. The summed E-state index contributed by atoms with van der Waals surface area (Å²) < 4.78 is 13.2. The number of pyridine rings is 1. The number of carbonyl (C=O) groups is 1. The first-order chi connectivity index (χ1) is 7.99. The fourth-order valence-electron chi connectivity index (χ4n) is 1.64. The maximum absolute atomic E-state index is 13.2. The average molecular weight is 234 g/mol. The van der Waals surface area contributed by atoms with Gasteiger partial charge in [0, 0.05) is 31.1 Å². The molecule has 0 saturated carbocycles. The summed E-state index contributed by atoms with van der Waals surface area (Å²) in [7, 11) is 3.16. The van der Waals surface area contributed by atoms with Crippen LogP contribution in [0, 0.1) is 5.82 Å². The molecule has 1 heterocycles. The van der Waals surface area contributed by atoms with Crippen molar-refractivity contribution in [2.75, 3.05) is 14.1 Å². The first-order valence-corrected chi connectivity index (χ1v) is 5.03. The number of nitrogens with one attached hydrogen (secondary N) is 1. The number of aromatic nitrogens is 1. The van der Waals surface area contributed by atoms with Gasteiger partial charge in [-0.3, -0.25) is 9.59 Å². The van der Waals surface area contributed by atoms with Crippen LogP contribution in [0.1, 0.15) is 10.4 Å². The molecule has 2 rings (SSSR count). The van der Waals surface area contributed by atoms with Gasteiger partial charge in [-0.05, 0) is 18.2 Å². The number of amides is 1. The molecule has 0 unspecified atom stereocenters. The monoisotopic (exact) mass is 234 g/mol. The summed E-state index contributed by atoms with van der Waals surface area (Å²) in [4.78, 5) is 27.2. The van der Waals surface area contributed by atoms with Crippen LogP contribution in [0.5, 0.6) is 0 Å². The van der Waals surface area contributed by atoms with E-state index in [1.54, 1.807) is 14.1 Å². The minimum atomic E-state index is -0.447. The third-order valence-corrected chi connectivity index (χ3v) is 2.44. The molecule has 4 nitrogen and oxygen atoms in total. The van der Waals surface area contributed by atoms with Crippen LogP contribution in [0.15, 0.2) is 29.1 Å². The number of hydrogen-bond donors (Lipinski definition) is 1. The minimum absolute atomic E-state index is 0.202. The molecule has 0 spiro atoms. The van der Waals surface area contributed by atoms with Crippen molar-refractivity contribution in [3.05, 3.63) is 46.0 Å². The first-order valence-electron chi connectivity index (χ1n) is 5.03. The van der Waals surface area contributed by atoms with E-state index in [9.17, 15) is 14.0 Å². The highest BCUT2D eigenvalue weighted by Crippen LogP contribution is 2.17. The second-order valence-corrected chi connectivity index (χ2v) is 3.94. The number of rotatable bonds is 1. The molecule has 0 aliphatic rings. The van der Waals surface area contributed by atoms with Crippen molar-refractivity contribution >= 4 is 16.8 Å². The van der Waals surface area contributed by atoms with E-state index >= 15 is 0 Å². The van der Waals surface area contributed by atoms with E-state index in [1.807, 2.05) is 0 Å². The maximum Gasteiger partial charge on any atom is 0.254 e. The van der Waals surface area contributed by atoms with Gasteiger partial charge in [-0.25, -0.2) is 4.39 Å². The number of benzene rings is 1. The number of carbonyl (C=O) groups excluding carboxylic acids is 1. The summed E-state index contributed by atoms with van der Waals surface area (Å²) in [5.41, 5.74) is 0.270. The van der Waals surface area contributed by atoms with Crippen molar-refractivity contribution in [3.63, 3.8) is 0 Å². The van der Waals surface area contributed by atoms with Gasteiger partial charge < -0.3 is 9.88 Å². The van der Waals surface area contributed by atoms with Crippen molar-refractivity contribution in [2.45, 2.75) is 0 Å². The van der Waals surface area contributed by atoms with Gasteiger partial charge in [0.25, 0.3) is 5.91 Å². The largest absolute Gasteiger partial charge is 0.345 e. The second kappa shape index (κ2) is 4.01. The molecule has 5 heteroatoms. The van der Waals surface area contributed by atoms with Crippen LogP contribution in [-0.2, 0) is 0 Å². The molecule has 0 aliphatic carbocycles. The van der Waals surface area contributed by atoms with Crippen LogP contribution in [0.25, 0.3) is 10.9 Å². The molecule has 1 N–H and O–H groups in total. The summed E-state index contributed by atoms with van der Waals surface area (Å²) in [5, 5.41) is 0.406.